The zero-order chi connectivity index (χ0) is 11.5. The van der Waals surface area contributed by atoms with Crippen molar-refractivity contribution < 1.29 is 9.53 Å². The van der Waals surface area contributed by atoms with Gasteiger partial charge in [-0.15, -0.1) is 12.4 Å². The van der Waals surface area contributed by atoms with E-state index in [-0.39, 0.29) is 31.0 Å². The molecular formula is C11H25ClN2O2. The summed E-state index contributed by atoms with van der Waals surface area (Å²) in [6.45, 7) is 5.42. The van der Waals surface area contributed by atoms with Crippen molar-refractivity contribution in [3.8, 4) is 0 Å². The molecular weight excluding hydrogens is 228 g/mol. The molecule has 16 heavy (non-hydrogen) atoms. The predicted molar refractivity (Wildman–Crippen MR) is 68.9 cm³/mol. The fourth-order valence-corrected chi connectivity index (χ4v) is 1.28. The Balaban J connectivity index is 0. The normalized spacial score (nSPS) is 11.7. The fraction of sp³-hybridized carbons (Fsp3) is 0.909. The summed E-state index contributed by atoms with van der Waals surface area (Å²) >= 11 is 0. The van der Waals surface area contributed by atoms with Crippen molar-refractivity contribution in [2.24, 2.45) is 5.73 Å². The van der Waals surface area contributed by atoms with Crippen molar-refractivity contribution in [2.45, 2.75) is 45.6 Å². The minimum Gasteiger partial charge on any atom is -0.372 e. The van der Waals surface area contributed by atoms with Crippen molar-refractivity contribution in [1.29, 1.82) is 0 Å². The van der Waals surface area contributed by atoms with Crippen molar-refractivity contribution in [2.75, 3.05) is 19.8 Å². The van der Waals surface area contributed by atoms with Gasteiger partial charge in [-0.2, -0.15) is 0 Å². The maximum Gasteiger partial charge on any atom is 0.246 e. The zero-order valence-electron chi connectivity index (χ0n) is 10.3. The van der Waals surface area contributed by atoms with Crippen LogP contribution >= 0.6 is 12.4 Å². The highest BCUT2D eigenvalue weighted by molar-refractivity contribution is 5.85. The summed E-state index contributed by atoms with van der Waals surface area (Å²) in [6.07, 6.45) is 4.10. The van der Waals surface area contributed by atoms with E-state index in [0.29, 0.717) is 13.2 Å². The summed E-state index contributed by atoms with van der Waals surface area (Å²) in [5, 5.41) is 2.87. The van der Waals surface area contributed by atoms with Crippen LogP contribution in [0.3, 0.4) is 0 Å². The highest BCUT2D eigenvalue weighted by atomic mass is 35.5. The number of nitrogens with one attached hydrogen (secondary N) is 1. The number of hydrogen-bond donors (Lipinski definition) is 2. The zero-order valence-corrected chi connectivity index (χ0v) is 11.1. The third-order valence-corrected chi connectivity index (χ3v) is 2.14. The molecule has 0 aliphatic carbocycles. The summed E-state index contributed by atoms with van der Waals surface area (Å²) in [7, 11) is 0. The average molecular weight is 253 g/mol. The third-order valence-electron chi connectivity index (χ3n) is 2.14. The van der Waals surface area contributed by atoms with Crippen LogP contribution in [0.2, 0.25) is 0 Å². The number of rotatable bonds is 9. The standard InChI is InChI=1S/C11H24N2O2.ClH/c1-3-5-6-10(8-12)13-11(14)9-15-7-4-2;/h10H,3-9,12H2,1-2H3,(H,13,14);1H. The van der Waals surface area contributed by atoms with Crippen LogP contribution in [0.15, 0.2) is 0 Å². The Kier molecular flexibility index (Phi) is 14.4. The first-order chi connectivity index (χ1) is 7.24. The average Bonchev–Trinajstić information content (AvgIpc) is 2.24. The maximum absolute atomic E-state index is 11.4. The topological polar surface area (TPSA) is 64.3 Å². The molecule has 1 atom stereocenters. The highest BCUT2D eigenvalue weighted by Crippen LogP contribution is 1.98. The Morgan fingerprint density at radius 3 is 2.56 bits per heavy atom. The van der Waals surface area contributed by atoms with Crippen molar-refractivity contribution in [3.05, 3.63) is 0 Å². The molecule has 5 heteroatoms. The molecule has 1 unspecified atom stereocenters. The van der Waals surface area contributed by atoms with Gasteiger partial charge in [0.2, 0.25) is 5.91 Å². The van der Waals surface area contributed by atoms with Gasteiger partial charge in [0.05, 0.1) is 0 Å². The number of carbonyl (C=O) groups excluding carboxylic acids is 1. The minimum atomic E-state index is -0.0602. The molecule has 1 amide bonds. The van der Waals surface area contributed by atoms with E-state index in [9.17, 15) is 4.79 Å². The van der Waals surface area contributed by atoms with Crippen LogP contribution in [-0.4, -0.2) is 31.7 Å². The van der Waals surface area contributed by atoms with Crippen LogP contribution in [0.5, 0.6) is 0 Å². The van der Waals surface area contributed by atoms with E-state index in [2.05, 4.69) is 12.2 Å². The van der Waals surface area contributed by atoms with Crippen molar-refractivity contribution in [1.82, 2.24) is 5.32 Å². The lowest BCUT2D eigenvalue weighted by Crippen LogP contribution is -2.41. The SMILES string of the molecule is CCCCC(CN)NC(=O)COCCC.Cl. The number of amides is 1. The van der Waals surface area contributed by atoms with Crippen molar-refractivity contribution in [3.63, 3.8) is 0 Å². The third kappa shape index (κ3) is 10.2. The van der Waals surface area contributed by atoms with Gasteiger partial charge in [0.15, 0.2) is 0 Å². The summed E-state index contributed by atoms with van der Waals surface area (Å²) in [5.41, 5.74) is 5.56. The summed E-state index contributed by atoms with van der Waals surface area (Å²) in [6, 6.07) is 0.0997. The predicted octanol–water partition coefficient (Wildman–Crippen LogP) is 1.47. The monoisotopic (exact) mass is 252 g/mol. The lowest BCUT2D eigenvalue weighted by atomic mass is 10.1. The summed E-state index contributed by atoms with van der Waals surface area (Å²) < 4.78 is 5.14. The van der Waals surface area contributed by atoms with Gasteiger partial charge in [0.25, 0.3) is 0 Å². The van der Waals surface area contributed by atoms with E-state index in [0.717, 1.165) is 25.7 Å². The number of hydrogen-bond acceptors (Lipinski definition) is 3. The molecule has 0 spiro atoms. The molecule has 0 aromatic carbocycles. The van der Waals surface area contributed by atoms with E-state index in [1.807, 2.05) is 6.92 Å². The molecule has 0 aliphatic rings. The quantitative estimate of drug-likeness (QED) is 0.611. The molecule has 0 heterocycles. The number of unbranched alkanes of at least 4 members (excludes halogenated alkanes) is 1. The lowest BCUT2D eigenvalue weighted by molar-refractivity contribution is -0.126. The molecule has 0 aromatic rings. The molecule has 0 fully saturated rings. The summed E-state index contributed by atoms with van der Waals surface area (Å²) in [4.78, 5) is 11.4. The van der Waals surface area contributed by atoms with E-state index in [4.69, 9.17) is 10.5 Å². The van der Waals surface area contributed by atoms with Gasteiger partial charge in [-0.1, -0.05) is 26.7 Å². The van der Waals surface area contributed by atoms with E-state index < -0.39 is 0 Å². The molecule has 3 N–H and O–H groups in total. The van der Waals surface area contributed by atoms with E-state index in [1.54, 1.807) is 0 Å². The Morgan fingerprint density at radius 2 is 2.06 bits per heavy atom. The van der Waals surface area contributed by atoms with Gasteiger partial charge in [0, 0.05) is 19.2 Å². The number of ether oxygens (including phenoxy) is 1. The van der Waals surface area contributed by atoms with E-state index in [1.165, 1.54) is 0 Å². The smallest absolute Gasteiger partial charge is 0.246 e. The van der Waals surface area contributed by atoms with Crippen LogP contribution in [0.1, 0.15) is 39.5 Å². The number of halogens is 1. The molecule has 0 saturated heterocycles. The molecule has 0 radical (unpaired) electrons. The fourth-order valence-electron chi connectivity index (χ4n) is 1.28. The second kappa shape index (κ2) is 12.7. The summed E-state index contributed by atoms with van der Waals surface area (Å²) in [5.74, 6) is -0.0602. The van der Waals surface area contributed by atoms with E-state index >= 15 is 0 Å². The van der Waals surface area contributed by atoms with Crippen LogP contribution < -0.4 is 11.1 Å². The van der Waals surface area contributed by atoms with Crippen LogP contribution in [-0.2, 0) is 9.53 Å². The molecule has 0 aliphatic heterocycles. The lowest BCUT2D eigenvalue weighted by Gasteiger charge is -2.16. The first kappa shape index (κ1) is 18.1. The Morgan fingerprint density at radius 1 is 1.38 bits per heavy atom. The van der Waals surface area contributed by atoms with Gasteiger partial charge in [0.1, 0.15) is 6.61 Å². The number of nitrogens with two attached hydrogens (primary N) is 1. The Labute approximate surface area is 105 Å². The second-order valence-corrected chi connectivity index (χ2v) is 3.69. The largest absolute Gasteiger partial charge is 0.372 e. The Bertz CT molecular complexity index is 168. The molecule has 0 aromatic heterocycles. The molecule has 0 saturated carbocycles. The number of carbonyl (C=O) groups is 1. The van der Waals surface area contributed by atoms with Gasteiger partial charge < -0.3 is 15.8 Å². The van der Waals surface area contributed by atoms with Crippen molar-refractivity contribution >= 4 is 18.3 Å². The van der Waals surface area contributed by atoms with Gasteiger partial charge in [-0.25, -0.2) is 0 Å². The van der Waals surface area contributed by atoms with Gasteiger partial charge in [-0.05, 0) is 12.8 Å². The first-order valence-corrected chi connectivity index (χ1v) is 5.81. The minimum absolute atomic E-state index is 0. The van der Waals surface area contributed by atoms with Crippen LogP contribution in [0, 0.1) is 0 Å². The molecule has 0 rings (SSSR count). The van der Waals surface area contributed by atoms with Gasteiger partial charge >= 0.3 is 0 Å². The van der Waals surface area contributed by atoms with Crippen LogP contribution in [0.4, 0.5) is 0 Å². The second-order valence-electron chi connectivity index (χ2n) is 3.69. The van der Waals surface area contributed by atoms with Crippen LogP contribution in [0.25, 0.3) is 0 Å². The molecule has 98 valence electrons. The maximum atomic E-state index is 11.4. The highest BCUT2D eigenvalue weighted by Gasteiger charge is 2.09. The molecule has 0 bridgehead atoms. The van der Waals surface area contributed by atoms with Gasteiger partial charge in [-0.3, -0.25) is 4.79 Å². The Hall–Kier alpha value is -0.320. The first-order valence-electron chi connectivity index (χ1n) is 5.81. The molecule has 4 nitrogen and oxygen atoms in total.